The van der Waals surface area contributed by atoms with Crippen LogP contribution in [0, 0.1) is 0 Å². The Bertz CT molecular complexity index is 316. The molecule has 2 rings (SSSR count). The van der Waals surface area contributed by atoms with E-state index in [9.17, 15) is 0 Å². The maximum Gasteiger partial charge on any atom is 0.0594 e. The van der Waals surface area contributed by atoms with Gasteiger partial charge in [-0.3, -0.25) is 5.01 Å². The van der Waals surface area contributed by atoms with Crippen LogP contribution >= 0.6 is 0 Å². The Morgan fingerprint density at radius 1 is 1.36 bits per heavy atom. The summed E-state index contributed by atoms with van der Waals surface area (Å²) in [6.07, 6.45) is 3.01. The third-order valence-corrected chi connectivity index (χ3v) is 2.31. The number of benzene rings is 1. The number of hydrazone groups is 1. The first-order chi connectivity index (χ1) is 6.90. The molecule has 0 amide bonds. The van der Waals surface area contributed by atoms with Crippen LogP contribution in [-0.2, 0) is 6.54 Å². The van der Waals surface area contributed by atoms with E-state index in [-0.39, 0.29) is 0 Å². The topological polar surface area (TPSA) is 27.6 Å². The van der Waals surface area contributed by atoms with E-state index in [2.05, 4.69) is 34.7 Å². The lowest BCUT2D eigenvalue weighted by atomic mass is 10.2. The summed E-state index contributed by atoms with van der Waals surface area (Å²) in [7, 11) is 1.96. The molecule has 1 aromatic rings. The third kappa shape index (κ3) is 1.93. The van der Waals surface area contributed by atoms with Gasteiger partial charge in [0.25, 0.3) is 0 Å². The second-order valence-electron chi connectivity index (χ2n) is 3.41. The first-order valence-electron chi connectivity index (χ1n) is 4.93. The summed E-state index contributed by atoms with van der Waals surface area (Å²) in [6, 6.07) is 8.52. The van der Waals surface area contributed by atoms with Crippen LogP contribution in [0.25, 0.3) is 0 Å². The fraction of sp³-hybridized carbons (Fsp3) is 0.364. The van der Waals surface area contributed by atoms with Crippen molar-refractivity contribution in [2.75, 3.05) is 18.6 Å². The van der Waals surface area contributed by atoms with Gasteiger partial charge >= 0.3 is 0 Å². The van der Waals surface area contributed by atoms with E-state index in [4.69, 9.17) is 0 Å². The van der Waals surface area contributed by atoms with E-state index in [0.717, 1.165) is 19.5 Å². The molecule has 1 aliphatic heterocycles. The van der Waals surface area contributed by atoms with Crippen molar-refractivity contribution < 1.29 is 0 Å². The lowest BCUT2D eigenvalue weighted by Gasteiger charge is -2.13. The number of anilines is 1. The number of nitrogens with zero attached hydrogens (tertiary/aromatic N) is 2. The second kappa shape index (κ2) is 4.24. The molecule has 0 aliphatic carbocycles. The maximum absolute atomic E-state index is 4.27. The van der Waals surface area contributed by atoms with E-state index >= 15 is 0 Å². The Kier molecular flexibility index (Phi) is 2.79. The van der Waals surface area contributed by atoms with Crippen LogP contribution in [0.4, 0.5) is 5.69 Å². The number of hydrogen-bond donors (Lipinski definition) is 1. The van der Waals surface area contributed by atoms with Crippen LogP contribution in [-0.4, -0.2) is 19.8 Å². The molecule has 1 aliphatic rings. The Morgan fingerprint density at radius 3 is 2.71 bits per heavy atom. The molecule has 0 spiro atoms. The van der Waals surface area contributed by atoms with Crippen LogP contribution in [0.3, 0.4) is 0 Å². The Labute approximate surface area is 84.4 Å². The molecule has 0 radical (unpaired) electrons. The average Bonchev–Trinajstić information content (AvgIpc) is 2.72. The van der Waals surface area contributed by atoms with Crippen molar-refractivity contribution in [1.29, 1.82) is 0 Å². The van der Waals surface area contributed by atoms with Gasteiger partial charge in [-0.05, 0) is 24.7 Å². The lowest BCUT2D eigenvalue weighted by molar-refractivity contribution is 0.817. The monoisotopic (exact) mass is 189 g/mol. The first kappa shape index (κ1) is 9.21. The Hall–Kier alpha value is -1.35. The largest absolute Gasteiger partial charge is 0.316 e. The molecular formula is C11H15N3. The highest BCUT2D eigenvalue weighted by atomic mass is 15.5. The summed E-state index contributed by atoms with van der Waals surface area (Å²) in [5, 5.41) is 9.43. The lowest BCUT2D eigenvalue weighted by Crippen LogP contribution is -2.12. The molecule has 0 atom stereocenters. The summed E-state index contributed by atoms with van der Waals surface area (Å²) >= 11 is 0. The Morgan fingerprint density at radius 2 is 2.14 bits per heavy atom. The van der Waals surface area contributed by atoms with Gasteiger partial charge in [0, 0.05) is 25.7 Å². The van der Waals surface area contributed by atoms with Crippen LogP contribution in [0.15, 0.2) is 29.4 Å². The predicted octanol–water partition coefficient (Wildman–Crippen LogP) is 1.60. The minimum atomic E-state index is 0.920. The zero-order chi connectivity index (χ0) is 9.80. The number of nitrogens with one attached hydrogen (secondary N) is 1. The molecule has 0 aromatic heterocycles. The number of rotatable bonds is 3. The minimum absolute atomic E-state index is 0.920. The molecule has 1 N–H and O–H groups in total. The van der Waals surface area contributed by atoms with Gasteiger partial charge in [0.1, 0.15) is 0 Å². The quantitative estimate of drug-likeness (QED) is 0.782. The van der Waals surface area contributed by atoms with Gasteiger partial charge in [-0.1, -0.05) is 12.1 Å². The van der Waals surface area contributed by atoms with Gasteiger partial charge in [0.05, 0.1) is 5.69 Å². The van der Waals surface area contributed by atoms with Crippen LogP contribution in [0.2, 0.25) is 0 Å². The highest BCUT2D eigenvalue weighted by Crippen LogP contribution is 2.17. The first-order valence-corrected chi connectivity index (χ1v) is 4.93. The smallest absolute Gasteiger partial charge is 0.0594 e. The summed E-state index contributed by atoms with van der Waals surface area (Å²) in [6.45, 7) is 1.93. The van der Waals surface area contributed by atoms with E-state index in [1.54, 1.807) is 0 Å². The fourth-order valence-corrected chi connectivity index (χ4v) is 1.58. The third-order valence-electron chi connectivity index (χ3n) is 2.31. The second-order valence-corrected chi connectivity index (χ2v) is 3.41. The highest BCUT2D eigenvalue weighted by molar-refractivity contribution is 5.65. The van der Waals surface area contributed by atoms with Gasteiger partial charge in [-0.25, -0.2) is 0 Å². The molecule has 0 bridgehead atoms. The minimum Gasteiger partial charge on any atom is -0.316 e. The normalized spacial score (nSPS) is 15.1. The van der Waals surface area contributed by atoms with E-state index < -0.39 is 0 Å². The van der Waals surface area contributed by atoms with Gasteiger partial charge in [-0.2, -0.15) is 5.10 Å². The van der Waals surface area contributed by atoms with Crippen molar-refractivity contribution in [1.82, 2.24) is 5.32 Å². The molecule has 0 saturated carbocycles. The molecule has 0 unspecified atom stereocenters. The fourth-order valence-electron chi connectivity index (χ4n) is 1.58. The molecule has 1 heterocycles. The van der Waals surface area contributed by atoms with Crippen LogP contribution in [0.1, 0.15) is 12.0 Å². The summed E-state index contributed by atoms with van der Waals surface area (Å²) in [5.74, 6) is 0. The SMILES string of the molecule is CNCc1ccc(N2CCC=N2)cc1. The van der Waals surface area contributed by atoms with Crippen LogP contribution in [0.5, 0.6) is 0 Å². The van der Waals surface area contributed by atoms with E-state index in [0.29, 0.717) is 0 Å². The molecule has 0 fully saturated rings. The van der Waals surface area contributed by atoms with Crippen molar-refractivity contribution in [3.8, 4) is 0 Å². The van der Waals surface area contributed by atoms with Crippen molar-refractivity contribution in [3.05, 3.63) is 29.8 Å². The van der Waals surface area contributed by atoms with Gasteiger partial charge in [0.2, 0.25) is 0 Å². The van der Waals surface area contributed by atoms with Gasteiger partial charge < -0.3 is 5.32 Å². The zero-order valence-electron chi connectivity index (χ0n) is 8.40. The summed E-state index contributed by atoms with van der Waals surface area (Å²) < 4.78 is 0. The van der Waals surface area contributed by atoms with Crippen molar-refractivity contribution in [2.45, 2.75) is 13.0 Å². The molecule has 3 heteroatoms. The molecule has 1 aromatic carbocycles. The van der Waals surface area contributed by atoms with Gasteiger partial charge in [-0.15, -0.1) is 0 Å². The molecule has 14 heavy (non-hydrogen) atoms. The van der Waals surface area contributed by atoms with E-state index in [1.807, 2.05) is 18.3 Å². The molecule has 74 valence electrons. The van der Waals surface area contributed by atoms with Crippen molar-refractivity contribution >= 4 is 11.9 Å². The summed E-state index contributed by atoms with van der Waals surface area (Å²) in [4.78, 5) is 0. The Balaban J connectivity index is 2.09. The summed E-state index contributed by atoms with van der Waals surface area (Å²) in [5.41, 5.74) is 2.48. The molecule has 0 saturated heterocycles. The van der Waals surface area contributed by atoms with Crippen molar-refractivity contribution in [3.63, 3.8) is 0 Å². The standard InChI is InChI=1S/C11H15N3/c1-12-9-10-3-5-11(6-4-10)14-8-2-7-13-14/h3-7,12H,2,8-9H2,1H3. The maximum atomic E-state index is 4.27. The van der Waals surface area contributed by atoms with E-state index in [1.165, 1.54) is 11.3 Å². The predicted molar refractivity (Wildman–Crippen MR) is 59.7 cm³/mol. The van der Waals surface area contributed by atoms with Gasteiger partial charge in [0.15, 0.2) is 0 Å². The average molecular weight is 189 g/mol. The zero-order valence-corrected chi connectivity index (χ0v) is 8.40. The molecular weight excluding hydrogens is 174 g/mol. The number of hydrogen-bond acceptors (Lipinski definition) is 3. The van der Waals surface area contributed by atoms with Crippen LogP contribution < -0.4 is 10.3 Å². The molecule has 3 nitrogen and oxygen atoms in total. The van der Waals surface area contributed by atoms with Crippen molar-refractivity contribution in [2.24, 2.45) is 5.10 Å². The highest BCUT2D eigenvalue weighted by Gasteiger charge is 2.07.